The van der Waals surface area contributed by atoms with Crippen LogP contribution in [0.15, 0.2) is 24.3 Å². The number of nitrogens with zero attached hydrogens (tertiary/aromatic N) is 2. The van der Waals surface area contributed by atoms with E-state index in [4.69, 9.17) is 10.00 Å². The highest BCUT2D eigenvalue weighted by molar-refractivity contribution is 5.27. The van der Waals surface area contributed by atoms with E-state index in [0.717, 1.165) is 12.3 Å². The first-order valence-electron chi connectivity index (χ1n) is 5.37. The SMILES string of the molecule is COc1ccc(CN(C)C(C)CC#N)cc1. The summed E-state index contributed by atoms with van der Waals surface area (Å²) in [6.07, 6.45) is 0.562. The molecule has 0 radical (unpaired) electrons. The largest absolute Gasteiger partial charge is 0.497 e. The van der Waals surface area contributed by atoms with E-state index in [2.05, 4.69) is 30.0 Å². The quantitative estimate of drug-likeness (QED) is 0.761. The third-order valence-electron chi connectivity index (χ3n) is 2.73. The zero-order valence-electron chi connectivity index (χ0n) is 10.1. The molecule has 0 aliphatic heterocycles. The Hall–Kier alpha value is -1.53. The molecule has 3 heteroatoms. The molecule has 0 aliphatic carbocycles. The lowest BCUT2D eigenvalue weighted by molar-refractivity contribution is 0.252. The second-order valence-electron chi connectivity index (χ2n) is 3.97. The summed E-state index contributed by atoms with van der Waals surface area (Å²) in [6.45, 7) is 2.92. The molecule has 0 amide bonds. The highest BCUT2D eigenvalue weighted by atomic mass is 16.5. The smallest absolute Gasteiger partial charge is 0.118 e. The lowest BCUT2D eigenvalue weighted by atomic mass is 10.1. The van der Waals surface area contributed by atoms with Crippen molar-refractivity contribution in [3.8, 4) is 11.8 Å². The first-order valence-corrected chi connectivity index (χ1v) is 5.37. The Balaban J connectivity index is 2.56. The number of benzene rings is 1. The number of hydrogen-bond acceptors (Lipinski definition) is 3. The van der Waals surface area contributed by atoms with E-state index in [0.29, 0.717) is 6.42 Å². The number of hydrogen-bond donors (Lipinski definition) is 0. The van der Waals surface area contributed by atoms with Crippen molar-refractivity contribution in [1.29, 1.82) is 5.26 Å². The van der Waals surface area contributed by atoms with Crippen LogP contribution in [0.2, 0.25) is 0 Å². The summed E-state index contributed by atoms with van der Waals surface area (Å²) < 4.78 is 5.10. The second-order valence-corrected chi connectivity index (χ2v) is 3.97. The van der Waals surface area contributed by atoms with Crippen LogP contribution in [0.25, 0.3) is 0 Å². The van der Waals surface area contributed by atoms with E-state index in [1.165, 1.54) is 5.56 Å². The normalized spacial score (nSPS) is 12.2. The summed E-state index contributed by atoms with van der Waals surface area (Å²) in [7, 11) is 3.70. The molecule has 0 saturated carbocycles. The van der Waals surface area contributed by atoms with Crippen LogP contribution in [0, 0.1) is 11.3 Å². The standard InChI is InChI=1S/C13H18N2O/c1-11(8-9-14)15(2)10-12-4-6-13(16-3)7-5-12/h4-7,11H,8,10H2,1-3H3. The lowest BCUT2D eigenvalue weighted by Crippen LogP contribution is -2.28. The summed E-state index contributed by atoms with van der Waals surface area (Å²) >= 11 is 0. The van der Waals surface area contributed by atoms with Gasteiger partial charge < -0.3 is 4.74 Å². The van der Waals surface area contributed by atoms with E-state index >= 15 is 0 Å². The molecule has 0 spiro atoms. The minimum absolute atomic E-state index is 0.284. The van der Waals surface area contributed by atoms with Gasteiger partial charge in [-0.25, -0.2) is 0 Å². The predicted molar refractivity (Wildman–Crippen MR) is 64.2 cm³/mol. The fraction of sp³-hybridized carbons (Fsp3) is 0.462. The molecule has 1 aromatic rings. The molecule has 1 rings (SSSR count). The summed E-state index contributed by atoms with van der Waals surface area (Å²) in [6, 6.07) is 10.5. The van der Waals surface area contributed by atoms with Gasteiger partial charge in [-0.2, -0.15) is 5.26 Å². The van der Waals surface area contributed by atoms with Crippen molar-refractivity contribution < 1.29 is 4.74 Å². The number of ether oxygens (including phenoxy) is 1. The first kappa shape index (κ1) is 12.5. The molecule has 0 aromatic heterocycles. The van der Waals surface area contributed by atoms with E-state index in [1.807, 2.05) is 19.2 Å². The third-order valence-corrected chi connectivity index (χ3v) is 2.73. The molecule has 1 unspecified atom stereocenters. The lowest BCUT2D eigenvalue weighted by Gasteiger charge is -2.22. The van der Waals surface area contributed by atoms with Crippen molar-refractivity contribution in [1.82, 2.24) is 4.90 Å². The van der Waals surface area contributed by atoms with Crippen molar-refractivity contribution in [3.05, 3.63) is 29.8 Å². The molecule has 0 fully saturated rings. The summed E-state index contributed by atoms with van der Waals surface area (Å²) in [5.74, 6) is 0.872. The van der Waals surface area contributed by atoms with Crippen molar-refractivity contribution in [2.45, 2.75) is 25.9 Å². The summed E-state index contributed by atoms with van der Waals surface area (Å²) in [5, 5.41) is 8.63. The monoisotopic (exact) mass is 218 g/mol. The fourth-order valence-electron chi connectivity index (χ4n) is 1.46. The zero-order valence-corrected chi connectivity index (χ0v) is 10.1. The van der Waals surface area contributed by atoms with Gasteiger partial charge in [0.1, 0.15) is 5.75 Å². The van der Waals surface area contributed by atoms with Crippen molar-refractivity contribution >= 4 is 0 Å². The van der Waals surface area contributed by atoms with Gasteiger partial charge in [-0.3, -0.25) is 4.90 Å². The van der Waals surface area contributed by atoms with Crippen molar-refractivity contribution in [2.75, 3.05) is 14.2 Å². The van der Waals surface area contributed by atoms with Crippen LogP contribution in [-0.2, 0) is 6.54 Å². The topological polar surface area (TPSA) is 36.3 Å². The Morgan fingerprint density at radius 2 is 2.00 bits per heavy atom. The van der Waals surface area contributed by atoms with Crippen molar-refractivity contribution in [2.24, 2.45) is 0 Å². The zero-order chi connectivity index (χ0) is 12.0. The van der Waals surface area contributed by atoms with Gasteiger partial charge in [0.2, 0.25) is 0 Å². The predicted octanol–water partition coefficient (Wildman–Crippen LogP) is 2.43. The average Bonchev–Trinajstić information content (AvgIpc) is 2.30. The minimum Gasteiger partial charge on any atom is -0.497 e. The van der Waals surface area contributed by atoms with Crippen LogP contribution < -0.4 is 4.74 Å². The number of nitriles is 1. The van der Waals surface area contributed by atoms with Gasteiger partial charge in [0.15, 0.2) is 0 Å². The molecular weight excluding hydrogens is 200 g/mol. The third kappa shape index (κ3) is 3.56. The number of methoxy groups -OCH3 is 1. The van der Waals surface area contributed by atoms with Gasteiger partial charge in [-0.15, -0.1) is 0 Å². The number of rotatable bonds is 5. The minimum atomic E-state index is 0.284. The average molecular weight is 218 g/mol. The maximum atomic E-state index is 8.63. The Kier molecular flexibility index (Phi) is 4.81. The Morgan fingerprint density at radius 3 is 2.50 bits per heavy atom. The molecule has 1 aromatic carbocycles. The highest BCUT2D eigenvalue weighted by Gasteiger charge is 2.08. The van der Waals surface area contributed by atoms with E-state index < -0.39 is 0 Å². The molecule has 0 heterocycles. The molecule has 3 nitrogen and oxygen atoms in total. The van der Waals surface area contributed by atoms with Crippen LogP contribution >= 0.6 is 0 Å². The van der Waals surface area contributed by atoms with Gasteiger partial charge in [-0.05, 0) is 31.7 Å². The van der Waals surface area contributed by atoms with Crippen LogP contribution in [0.5, 0.6) is 5.75 Å². The van der Waals surface area contributed by atoms with Gasteiger partial charge in [0.25, 0.3) is 0 Å². The second kappa shape index (κ2) is 6.14. The van der Waals surface area contributed by atoms with E-state index in [9.17, 15) is 0 Å². The summed E-state index contributed by atoms with van der Waals surface area (Å²) in [5.41, 5.74) is 1.23. The molecular formula is C13H18N2O. The Labute approximate surface area is 97.3 Å². The molecule has 1 atom stereocenters. The fourth-order valence-corrected chi connectivity index (χ4v) is 1.46. The van der Waals surface area contributed by atoms with Gasteiger partial charge >= 0.3 is 0 Å². The van der Waals surface area contributed by atoms with Crippen molar-refractivity contribution in [3.63, 3.8) is 0 Å². The van der Waals surface area contributed by atoms with Gasteiger partial charge in [0.05, 0.1) is 19.6 Å². The Morgan fingerprint density at radius 1 is 1.38 bits per heavy atom. The van der Waals surface area contributed by atoms with Gasteiger partial charge in [-0.1, -0.05) is 12.1 Å². The summed E-state index contributed by atoms with van der Waals surface area (Å²) in [4.78, 5) is 2.17. The van der Waals surface area contributed by atoms with Crippen LogP contribution in [0.3, 0.4) is 0 Å². The first-order chi connectivity index (χ1) is 7.67. The maximum Gasteiger partial charge on any atom is 0.118 e. The molecule has 0 saturated heterocycles. The van der Waals surface area contributed by atoms with Crippen LogP contribution in [0.4, 0.5) is 0 Å². The van der Waals surface area contributed by atoms with Gasteiger partial charge in [0, 0.05) is 12.6 Å². The molecule has 16 heavy (non-hydrogen) atoms. The highest BCUT2D eigenvalue weighted by Crippen LogP contribution is 2.13. The molecule has 86 valence electrons. The molecule has 0 bridgehead atoms. The molecule has 0 N–H and O–H groups in total. The van der Waals surface area contributed by atoms with E-state index in [-0.39, 0.29) is 6.04 Å². The van der Waals surface area contributed by atoms with Crippen LogP contribution in [0.1, 0.15) is 18.9 Å². The molecule has 0 aliphatic rings. The Bertz CT molecular complexity index is 353. The van der Waals surface area contributed by atoms with Crippen LogP contribution in [-0.4, -0.2) is 25.1 Å². The maximum absolute atomic E-state index is 8.63. The van der Waals surface area contributed by atoms with E-state index in [1.54, 1.807) is 7.11 Å².